The predicted octanol–water partition coefficient (Wildman–Crippen LogP) is 6.01. The van der Waals surface area contributed by atoms with Gasteiger partial charge in [-0.25, -0.2) is 0 Å². The Bertz CT molecular complexity index is 721. The third-order valence-electron chi connectivity index (χ3n) is 5.38. The van der Waals surface area contributed by atoms with Crippen LogP contribution in [0, 0.1) is 0 Å². The second-order valence-electron chi connectivity index (χ2n) is 8.64. The minimum Gasteiger partial charge on any atom is -0.537 e. The third-order valence-corrected chi connectivity index (χ3v) is 10.4. The zero-order valence-corrected chi connectivity index (χ0v) is 19.5. The summed E-state index contributed by atoms with van der Waals surface area (Å²) in [6.45, 7) is 9.12. The van der Waals surface area contributed by atoms with Crippen molar-refractivity contribution in [3.8, 4) is 0 Å². The third kappa shape index (κ3) is 5.93. The first-order valence-corrected chi connectivity index (χ1v) is 12.8. The van der Waals surface area contributed by atoms with Crippen LogP contribution in [0.2, 0.25) is 5.04 Å². The quantitative estimate of drug-likeness (QED) is 0.197. The van der Waals surface area contributed by atoms with Gasteiger partial charge >= 0.3 is 8.32 Å². The Morgan fingerprint density at radius 3 is 1.90 bits per heavy atom. The average Bonchev–Trinajstić information content (AvgIpc) is 2.72. The molecule has 0 bridgehead atoms. The highest BCUT2D eigenvalue weighted by Crippen LogP contribution is 2.38. The average molecular weight is 409 g/mol. The first-order valence-electron chi connectivity index (χ1n) is 10.9. The number of carbonyl (C=O) groups is 1. The van der Waals surface area contributed by atoms with Crippen molar-refractivity contribution in [3.63, 3.8) is 0 Å². The minimum atomic E-state index is -2.59. The lowest BCUT2D eigenvalue weighted by molar-refractivity contribution is -0.107. The molecule has 0 N–H and O–H groups in total. The van der Waals surface area contributed by atoms with Crippen LogP contribution in [-0.4, -0.2) is 14.6 Å². The zero-order valence-electron chi connectivity index (χ0n) is 18.5. The van der Waals surface area contributed by atoms with Crippen molar-refractivity contribution in [1.82, 2.24) is 0 Å². The number of rotatable bonds is 11. The normalized spacial score (nSPS) is 12.6. The maximum absolute atomic E-state index is 10.9. The van der Waals surface area contributed by atoms with Crippen molar-refractivity contribution >= 4 is 25.0 Å². The summed E-state index contributed by atoms with van der Waals surface area (Å²) in [4.78, 5) is 10.9. The van der Waals surface area contributed by atoms with Gasteiger partial charge in [-0.1, -0.05) is 101 Å². The van der Waals surface area contributed by atoms with Crippen LogP contribution in [0.15, 0.2) is 72.5 Å². The molecule has 0 saturated carbocycles. The van der Waals surface area contributed by atoms with Crippen LogP contribution in [0.3, 0.4) is 0 Å². The van der Waals surface area contributed by atoms with Gasteiger partial charge in [0.1, 0.15) is 6.29 Å². The van der Waals surface area contributed by atoms with Crippen molar-refractivity contribution in [2.75, 3.05) is 0 Å². The molecule has 0 aliphatic carbocycles. The summed E-state index contributed by atoms with van der Waals surface area (Å²) in [5.41, 5.74) is 0. The number of unbranched alkanes of at least 4 members (excludes halogenated alkanes) is 3. The van der Waals surface area contributed by atoms with Gasteiger partial charge in [0.05, 0.1) is 5.76 Å². The van der Waals surface area contributed by atoms with E-state index >= 15 is 0 Å². The van der Waals surface area contributed by atoms with E-state index in [1.54, 1.807) is 0 Å². The molecule has 0 fully saturated rings. The van der Waals surface area contributed by atoms with Crippen LogP contribution in [0.1, 0.15) is 66.2 Å². The first kappa shape index (κ1) is 23.1. The summed E-state index contributed by atoms with van der Waals surface area (Å²) in [6, 6.07) is 21.5. The maximum Gasteiger partial charge on any atom is 0.319 e. The van der Waals surface area contributed by atoms with Crippen molar-refractivity contribution in [2.24, 2.45) is 0 Å². The van der Waals surface area contributed by atoms with E-state index in [0.29, 0.717) is 6.42 Å². The smallest absolute Gasteiger partial charge is 0.319 e. The predicted molar refractivity (Wildman–Crippen MR) is 126 cm³/mol. The molecular weight excluding hydrogens is 372 g/mol. The topological polar surface area (TPSA) is 26.3 Å². The SMILES string of the molecule is CCCCCC(=CCCC=O)O[Si](c1ccccc1)(c1ccccc1)C(C)(C)C. The Balaban J connectivity index is 2.58. The summed E-state index contributed by atoms with van der Waals surface area (Å²) in [6.07, 6.45) is 8.84. The fraction of sp³-hybridized carbons (Fsp3) is 0.423. The highest BCUT2D eigenvalue weighted by atomic mass is 28.4. The number of aldehydes is 1. The van der Waals surface area contributed by atoms with E-state index in [1.165, 1.54) is 23.2 Å². The van der Waals surface area contributed by atoms with E-state index in [1.807, 2.05) is 0 Å². The van der Waals surface area contributed by atoms with Crippen molar-refractivity contribution in [2.45, 2.75) is 71.3 Å². The van der Waals surface area contributed by atoms with Gasteiger partial charge in [-0.05, 0) is 34.3 Å². The van der Waals surface area contributed by atoms with Crippen molar-refractivity contribution in [3.05, 3.63) is 72.5 Å². The number of carbonyl (C=O) groups excluding carboxylic acids is 1. The molecule has 2 aromatic carbocycles. The Morgan fingerprint density at radius 2 is 1.45 bits per heavy atom. The van der Waals surface area contributed by atoms with Crippen LogP contribution < -0.4 is 10.4 Å². The fourth-order valence-corrected chi connectivity index (χ4v) is 8.41. The molecule has 2 nitrogen and oxygen atoms in total. The van der Waals surface area contributed by atoms with Crippen LogP contribution in [0.4, 0.5) is 0 Å². The molecule has 0 unspecified atom stereocenters. The summed E-state index contributed by atoms with van der Waals surface area (Å²) in [5.74, 6) is 1.05. The highest BCUT2D eigenvalue weighted by Gasteiger charge is 2.52. The molecule has 29 heavy (non-hydrogen) atoms. The maximum atomic E-state index is 10.9. The zero-order chi connectivity index (χ0) is 21.2. The molecule has 0 saturated heterocycles. The standard InChI is InChI=1S/C26H36O2Si/c1-5-6-9-16-23(17-14-15-22-27)28-29(26(2,3)4,24-18-10-7-11-19-24)25-20-12-8-13-21-25/h7-8,10-13,17-22H,5-6,9,14-16H2,1-4H3. The molecule has 0 aliphatic heterocycles. The van der Waals surface area contributed by atoms with Crippen LogP contribution in [0.25, 0.3) is 0 Å². The Hall–Kier alpha value is -2.13. The van der Waals surface area contributed by atoms with Crippen LogP contribution in [0.5, 0.6) is 0 Å². The largest absolute Gasteiger partial charge is 0.537 e. The van der Waals surface area contributed by atoms with E-state index in [9.17, 15) is 4.79 Å². The van der Waals surface area contributed by atoms with E-state index in [0.717, 1.165) is 31.3 Å². The molecular formula is C26H36O2Si. The summed E-state index contributed by atoms with van der Waals surface area (Å²) < 4.78 is 7.15. The molecule has 0 heterocycles. The van der Waals surface area contributed by atoms with Gasteiger partial charge < -0.3 is 9.22 Å². The second-order valence-corrected chi connectivity index (χ2v) is 12.9. The molecule has 156 valence electrons. The van der Waals surface area contributed by atoms with Crippen molar-refractivity contribution < 1.29 is 9.22 Å². The number of hydrogen-bond acceptors (Lipinski definition) is 2. The van der Waals surface area contributed by atoms with Gasteiger partial charge in [0.25, 0.3) is 0 Å². The monoisotopic (exact) mass is 408 g/mol. The number of hydrogen-bond donors (Lipinski definition) is 0. The lowest BCUT2D eigenvalue weighted by Gasteiger charge is -2.43. The van der Waals surface area contributed by atoms with Gasteiger partial charge in [0, 0.05) is 12.8 Å². The summed E-state index contributed by atoms with van der Waals surface area (Å²) in [7, 11) is -2.59. The molecule has 2 aromatic rings. The molecule has 2 rings (SSSR count). The van der Waals surface area contributed by atoms with Gasteiger partial charge in [-0.15, -0.1) is 0 Å². The van der Waals surface area contributed by atoms with Crippen LogP contribution >= 0.6 is 0 Å². The van der Waals surface area contributed by atoms with E-state index in [-0.39, 0.29) is 5.04 Å². The van der Waals surface area contributed by atoms with Gasteiger partial charge in [-0.3, -0.25) is 0 Å². The first-order chi connectivity index (χ1) is 14.0. The minimum absolute atomic E-state index is 0.0514. The lowest BCUT2D eigenvalue weighted by Crippen LogP contribution is -2.66. The Labute approximate surface area is 178 Å². The van der Waals surface area contributed by atoms with Gasteiger partial charge in [0.2, 0.25) is 0 Å². The molecule has 0 atom stereocenters. The summed E-state index contributed by atoms with van der Waals surface area (Å²) >= 11 is 0. The fourth-order valence-electron chi connectivity index (χ4n) is 3.90. The second kappa shape index (κ2) is 11.2. The van der Waals surface area contributed by atoms with E-state index in [2.05, 4.69) is 94.4 Å². The lowest BCUT2D eigenvalue weighted by atomic mass is 10.1. The van der Waals surface area contributed by atoms with Gasteiger partial charge in [0.15, 0.2) is 0 Å². The summed E-state index contributed by atoms with van der Waals surface area (Å²) in [5, 5.41) is 2.52. The molecule has 0 aromatic heterocycles. The molecule has 0 aliphatic rings. The Morgan fingerprint density at radius 1 is 0.897 bits per heavy atom. The van der Waals surface area contributed by atoms with E-state index in [4.69, 9.17) is 4.43 Å². The van der Waals surface area contributed by atoms with Gasteiger partial charge in [-0.2, -0.15) is 0 Å². The molecule has 0 spiro atoms. The molecule has 3 heteroatoms. The van der Waals surface area contributed by atoms with E-state index < -0.39 is 8.32 Å². The molecule has 0 amide bonds. The highest BCUT2D eigenvalue weighted by molar-refractivity contribution is 6.99. The Kier molecular flexibility index (Phi) is 8.90. The van der Waals surface area contributed by atoms with Crippen LogP contribution in [-0.2, 0) is 9.22 Å². The molecule has 0 radical (unpaired) electrons. The number of allylic oxidation sites excluding steroid dienone is 2. The number of benzene rings is 2. The van der Waals surface area contributed by atoms with Crippen molar-refractivity contribution in [1.29, 1.82) is 0 Å².